The largest absolute Gasteiger partial charge is 0.481 e. The van der Waals surface area contributed by atoms with Gasteiger partial charge in [0.1, 0.15) is 0 Å². The molecule has 0 radical (unpaired) electrons. The minimum Gasteiger partial charge on any atom is -0.481 e. The van der Waals surface area contributed by atoms with Crippen molar-refractivity contribution in [3.63, 3.8) is 0 Å². The zero-order valence-corrected chi connectivity index (χ0v) is 10.1. The van der Waals surface area contributed by atoms with E-state index in [1.54, 1.807) is 19.1 Å². The summed E-state index contributed by atoms with van der Waals surface area (Å²) in [6.45, 7) is 4.50. The second kappa shape index (κ2) is 6.20. The fourth-order valence-electron chi connectivity index (χ4n) is 1.30. The molecule has 0 heterocycles. The van der Waals surface area contributed by atoms with Crippen molar-refractivity contribution >= 4 is 11.9 Å². The molecule has 0 aromatic rings. The van der Waals surface area contributed by atoms with E-state index in [0.717, 1.165) is 6.08 Å². The highest BCUT2D eigenvalue weighted by atomic mass is 16.4. The number of allylic oxidation sites excluding steroid dienone is 1. The van der Waals surface area contributed by atoms with Crippen molar-refractivity contribution < 1.29 is 24.9 Å². The van der Waals surface area contributed by atoms with Gasteiger partial charge in [-0.15, -0.1) is 0 Å². The molecule has 0 aliphatic heterocycles. The summed E-state index contributed by atoms with van der Waals surface area (Å²) < 4.78 is 0. The zero-order valence-electron chi connectivity index (χ0n) is 10.1. The highest BCUT2D eigenvalue weighted by Crippen LogP contribution is 2.28. The summed E-state index contributed by atoms with van der Waals surface area (Å²) >= 11 is 0. The van der Waals surface area contributed by atoms with Gasteiger partial charge in [-0.2, -0.15) is 0 Å². The van der Waals surface area contributed by atoms with Crippen LogP contribution in [0.15, 0.2) is 24.3 Å². The Balaban J connectivity index is 5.07. The summed E-state index contributed by atoms with van der Waals surface area (Å²) in [6.07, 6.45) is 4.17. The molecule has 0 fully saturated rings. The number of aliphatic carboxylic acids is 2. The average molecular weight is 242 g/mol. The van der Waals surface area contributed by atoms with E-state index in [2.05, 4.69) is 0 Å². The first-order valence-electron chi connectivity index (χ1n) is 5.19. The number of carbonyl (C=O) groups is 2. The van der Waals surface area contributed by atoms with Gasteiger partial charge in [-0.25, -0.2) is 4.79 Å². The summed E-state index contributed by atoms with van der Waals surface area (Å²) in [5, 5.41) is 27.5. The van der Waals surface area contributed by atoms with E-state index in [-0.39, 0.29) is 0 Å². The van der Waals surface area contributed by atoms with Crippen LogP contribution in [-0.4, -0.2) is 33.4 Å². The Morgan fingerprint density at radius 1 is 1.18 bits per heavy atom. The molecule has 0 spiro atoms. The van der Waals surface area contributed by atoms with Gasteiger partial charge in [-0.05, 0) is 20.8 Å². The molecule has 0 amide bonds. The summed E-state index contributed by atoms with van der Waals surface area (Å²) in [6, 6.07) is 0. The predicted octanol–water partition coefficient (Wildman–Crippen LogP) is 1.29. The molecule has 0 rings (SSSR count). The van der Waals surface area contributed by atoms with E-state index < -0.39 is 29.4 Å². The molecule has 17 heavy (non-hydrogen) atoms. The molecule has 96 valence electrons. The second-order valence-corrected chi connectivity index (χ2v) is 4.27. The monoisotopic (exact) mass is 242 g/mol. The number of aliphatic hydroxyl groups is 1. The minimum absolute atomic E-state index is 0.651. The van der Waals surface area contributed by atoms with Crippen LogP contribution in [-0.2, 0) is 9.59 Å². The van der Waals surface area contributed by atoms with Gasteiger partial charge < -0.3 is 15.3 Å². The quantitative estimate of drug-likeness (QED) is 0.482. The van der Waals surface area contributed by atoms with Gasteiger partial charge in [0.05, 0.1) is 11.5 Å². The van der Waals surface area contributed by atoms with Gasteiger partial charge in [-0.1, -0.05) is 18.2 Å². The third-order valence-electron chi connectivity index (χ3n) is 2.53. The molecule has 0 aromatic heterocycles. The lowest BCUT2D eigenvalue weighted by atomic mass is 9.79. The Morgan fingerprint density at radius 3 is 2.06 bits per heavy atom. The lowest BCUT2D eigenvalue weighted by molar-refractivity contribution is -0.154. The molecule has 0 aliphatic carbocycles. The summed E-state index contributed by atoms with van der Waals surface area (Å²) in [5.74, 6) is -2.93. The van der Waals surface area contributed by atoms with E-state index in [4.69, 9.17) is 10.2 Å². The Morgan fingerprint density at radius 2 is 1.71 bits per heavy atom. The van der Waals surface area contributed by atoms with Crippen molar-refractivity contribution in [1.82, 2.24) is 0 Å². The van der Waals surface area contributed by atoms with Gasteiger partial charge >= 0.3 is 11.9 Å². The molecule has 5 heteroatoms. The molecule has 0 aliphatic rings. The summed E-state index contributed by atoms with van der Waals surface area (Å²) in [7, 11) is 0. The SMILES string of the molecule is CC=CC(C=CC(=O)O)C(O)C(C)(C)C(=O)O. The number of hydrogen-bond donors (Lipinski definition) is 3. The van der Waals surface area contributed by atoms with Crippen LogP contribution in [0.3, 0.4) is 0 Å². The Kier molecular flexibility index (Phi) is 5.61. The van der Waals surface area contributed by atoms with Crippen LogP contribution in [0, 0.1) is 11.3 Å². The normalized spacial score (nSPS) is 16.2. The third-order valence-corrected chi connectivity index (χ3v) is 2.53. The predicted molar refractivity (Wildman–Crippen MR) is 62.5 cm³/mol. The summed E-state index contributed by atoms with van der Waals surface area (Å²) in [5.41, 5.74) is -1.35. The van der Waals surface area contributed by atoms with E-state index in [9.17, 15) is 14.7 Å². The molecule has 5 nitrogen and oxygen atoms in total. The van der Waals surface area contributed by atoms with Crippen molar-refractivity contribution in [2.45, 2.75) is 26.9 Å². The highest BCUT2D eigenvalue weighted by Gasteiger charge is 2.38. The first-order valence-corrected chi connectivity index (χ1v) is 5.19. The van der Waals surface area contributed by atoms with Crippen molar-refractivity contribution in [3.05, 3.63) is 24.3 Å². The zero-order chi connectivity index (χ0) is 13.6. The Hall–Kier alpha value is -1.62. The van der Waals surface area contributed by atoms with Crippen LogP contribution in [0.4, 0.5) is 0 Å². The Labute approximate surface area is 100 Å². The standard InChI is InChI=1S/C12H18O5/c1-4-5-8(6-7-9(13)14)10(15)12(2,3)11(16)17/h4-8,10,15H,1-3H3,(H,13,14)(H,16,17). The van der Waals surface area contributed by atoms with Crippen LogP contribution in [0.25, 0.3) is 0 Å². The van der Waals surface area contributed by atoms with Crippen LogP contribution in [0.1, 0.15) is 20.8 Å². The van der Waals surface area contributed by atoms with Gasteiger partial charge in [-0.3, -0.25) is 4.79 Å². The first kappa shape index (κ1) is 15.4. The number of rotatable bonds is 6. The molecule has 2 atom stereocenters. The minimum atomic E-state index is -1.35. The van der Waals surface area contributed by atoms with Gasteiger partial charge in [0.2, 0.25) is 0 Å². The number of aliphatic hydroxyl groups excluding tert-OH is 1. The van der Waals surface area contributed by atoms with Crippen molar-refractivity contribution in [2.24, 2.45) is 11.3 Å². The Bertz CT molecular complexity index is 341. The molecule has 2 unspecified atom stereocenters. The topological polar surface area (TPSA) is 94.8 Å². The number of hydrogen-bond acceptors (Lipinski definition) is 3. The molecular formula is C12H18O5. The third kappa shape index (κ3) is 4.40. The van der Waals surface area contributed by atoms with Crippen LogP contribution in [0.2, 0.25) is 0 Å². The van der Waals surface area contributed by atoms with E-state index >= 15 is 0 Å². The van der Waals surface area contributed by atoms with E-state index in [1.807, 2.05) is 0 Å². The molecule has 3 N–H and O–H groups in total. The lowest BCUT2D eigenvalue weighted by Crippen LogP contribution is -2.41. The average Bonchev–Trinajstić information content (AvgIpc) is 2.22. The maximum atomic E-state index is 11.0. The second-order valence-electron chi connectivity index (χ2n) is 4.27. The number of carboxylic acid groups (broad SMARTS) is 2. The van der Waals surface area contributed by atoms with Gasteiger partial charge in [0, 0.05) is 12.0 Å². The smallest absolute Gasteiger partial charge is 0.327 e. The fourth-order valence-corrected chi connectivity index (χ4v) is 1.30. The molecule has 0 saturated heterocycles. The van der Waals surface area contributed by atoms with Crippen LogP contribution in [0.5, 0.6) is 0 Å². The summed E-state index contributed by atoms with van der Waals surface area (Å²) in [4.78, 5) is 21.4. The first-order chi connectivity index (χ1) is 7.73. The molecule has 0 aromatic carbocycles. The van der Waals surface area contributed by atoms with Crippen molar-refractivity contribution in [1.29, 1.82) is 0 Å². The maximum absolute atomic E-state index is 11.0. The van der Waals surface area contributed by atoms with Gasteiger partial charge in [0.15, 0.2) is 0 Å². The molecule has 0 bridgehead atoms. The fraction of sp³-hybridized carbons (Fsp3) is 0.500. The van der Waals surface area contributed by atoms with E-state index in [1.165, 1.54) is 19.9 Å². The van der Waals surface area contributed by atoms with Crippen LogP contribution >= 0.6 is 0 Å². The molecule has 0 saturated carbocycles. The van der Waals surface area contributed by atoms with Gasteiger partial charge in [0.25, 0.3) is 0 Å². The maximum Gasteiger partial charge on any atom is 0.327 e. The lowest BCUT2D eigenvalue weighted by Gasteiger charge is -2.29. The van der Waals surface area contributed by atoms with Crippen molar-refractivity contribution in [2.75, 3.05) is 0 Å². The molecular weight excluding hydrogens is 224 g/mol. The van der Waals surface area contributed by atoms with Crippen molar-refractivity contribution in [3.8, 4) is 0 Å². The van der Waals surface area contributed by atoms with E-state index in [0.29, 0.717) is 0 Å². The number of carboxylic acids is 2. The van der Waals surface area contributed by atoms with Crippen LogP contribution < -0.4 is 0 Å². The highest BCUT2D eigenvalue weighted by molar-refractivity contribution is 5.80.